The van der Waals surface area contributed by atoms with E-state index in [1.54, 1.807) is 58.9 Å². The fourth-order valence-corrected chi connectivity index (χ4v) is 23.1. The van der Waals surface area contributed by atoms with Crippen molar-refractivity contribution in [2.45, 2.75) is 273 Å². The van der Waals surface area contributed by atoms with Crippen molar-refractivity contribution in [1.82, 2.24) is 54.2 Å². The number of carboxylic acids is 1. The summed E-state index contributed by atoms with van der Waals surface area (Å²) in [7, 11) is -11.1. The summed E-state index contributed by atoms with van der Waals surface area (Å²) in [6.45, 7) is 34.1. The Balaban J connectivity index is 0.000000178. The number of ether oxygens (including phenoxy) is 2. The molecule has 3 saturated carbocycles. The molecule has 0 bridgehead atoms. The zero-order valence-corrected chi connectivity index (χ0v) is 83.5. The summed E-state index contributed by atoms with van der Waals surface area (Å²) < 4.78 is 94.0. The van der Waals surface area contributed by atoms with Crippen molar-refractivity contribution >= 4 is 137 Å². The van der Waals surface area contributed by atoms with Crippen LogP contribution in [0.4, 0.5) is 9.59 Å². The van der Waals surface area contributed by atoms with Crippen molar-refractivity contribution in [2.75, 3.05) is 83.9 Å². The highest BCUT2D eigenvalue weighted by atomic mass is 35.5. The van der Waals surface area contributed by atoms with Gasteiger partial charge in [-0.1, -0.05) is 59.3 Å². The highest BCUT2D eigenvalue weighted by Crippen LogP contribution is 2.41. The highest BCUT2D eigenvalue weighted by Gasteiger charge is 2.52. The minimum atomic E-state index is -3.75. The number of hydrogen-bond acceptors (Lipinski definition) is 20. The Kier molecular flexibility index (Phi) is 34.4. The van der Waals surface area contributed by atoms with Gasteiger partial charge in [-0.05, 0) is 308 Å². The molecule has 3 aromatic carbocycles. The van der Waals surface area contributed by atoms with Gasteiger partial charge in [0.25, 0.3) is 29.5 Å². The van der Waals surface area contributed by atoms with E-state index in [1.807, 2.05) is 65.5 Å². The molecule has 132 heavy (non-hydrogen) atoms. The SMILES string of the molecule is CC(C)(C)OC(=O)N1CCCN1.Cc1cc(C(=O)N2CCCC2)cc(C)c1/C=C/S(=O)(=O)N1CCC2(CC1)N=C(C1CCC(C)CC1)NC2=O.Cc1cc(C(=O)N2CCCN2C(=O)OC(C)(C)C)cc(C)c1/C=C/S(=O)(=O)N1CCC2(CC1)N=C(C1CCC(C)CC1)NC2=O.Cc1cc(C(=O)O)cc(C)c1/C=C/S(=O)(=O)N1CCC2(CC1)N=C(C1CCC(C)CC1)NC2=O.ClCCl. The first-order valence-corrected chi connectivity index (χ1v) is 52.5. The lowest BCUT2D eigenvalue weighted by molar-refractivity contribution is -0.125. The topological polar surface area (TPSA) is 386 Å². The largest absolute Gasteiger partial charge is 0.478 e. The van der Waals surface area contributed by atoms with Gasteiger partial charge in [0.2, 0.25) is 30.1 Å². The molecule has 3 aliphatic carbocycles. The standard InChI is InChI=1S/C33H47N5O6S.C29H40N4O4S.C25H33N3O5S.C8H16N2O2.CH2Cl2/c1-22-8-10-25(11-9-22)28-34-30(40)33(35-28)13-17-36(18-14-33)45(42,43)19-12-27-23(2)20-26(21-24(27)3)29(39)37-15-7-16-38(37)31(41)44-32(4,5)6;1-20-6-8-23(9-7-20)26-30-28(35)29(31-26)11-15-33(16-12-29)38(36,37)17-10-25-21(2)18-24(19-22(25)3)27(34)32-13-4-5-14-32;1-16-4-6-19(7-5-16)22-26-24(31)25(27-22)9-11-28(12-10-25)34(32,33)13-8-21-17(2)14-20(23(29)30)15-18(21)3;1-8(2,3)12-7(11)10-6-4-5-9-10;2-1-3/h12,19-22,25H,7-11,13-18H2,1-6H3,(H,34,35,40);10,17-20,23H,4-9,11-16H2,1-3H3,(H,30,31,35);8,13-16,19H,4-7,9-12H2,1-3H3,(H,29,30)(H,26,27,31);9H,4-6H2,1-3H3;1H2/b19-12+;17-10+;13-8+;;. The number of aliphatic imine (C=N–C) groups is 3. The van der Waals surface area contributed by atoms with Crippen LogP contribution in [0.2, 0.25) is 0 Å². The fourth-order valence-electron chi connectivity index (χ4n) is 19.5. The summed E-state index contributed by atoms with van der Waals surface area (Å²) in [5.74, 6) is 3.86. The smallest absolute Gasteiger partial charge is 0.429 e. The third-order valence-corrected chi connectivity index (χ3v) is 32.1. The first-order chi connectivity index (χ1) is 62.1. The van der Waals surface area contributed by atoms with Crippen molar-refractivity contribution in [1.29, 1.82) is 0 Å². The number of carboxylic acid groups (broad SMARTS) is 1. The molecule has 0 atom stereocenters. The maximum Gasteiger partial charge on any atom is 0.429 e. The van der Waals surface area contributed by atoms with Gasteiger partial charge in [0.15, 0.2) is 0 Å². The Morgan fingerprint density at radius 1 is 0.424 bits per heavy atom. The van der Waals surface area contributed by atoms with E-state index in [9.17, 15) is 68.7 Å². The second-order valence-corrected chi connectivity index (χ2v) is 46.1. The maximum atomic E-state index is 13.4. The Morgan fingerprint density at radius 3 is 1.02 bits per heavy atom. The van der Waals surface area contributed by atoms with Crippen LogP contribution in [0.25, 0.3) is 18.2 Å². The normalized spacial score (nSPS) is 24.2. The molecule has 3 spiro atoms. The van der Waals surface area contributed by atoms with Gasteiger partial charge in [-0.15, -0.1) is 23.2 Å². The van der Waals surface area contributed by atoms with Gasteiger partial charge in [0.1, 0.15) is 45.3 Å². The number of amidine groups is 3. The third-order valence-electron chi connectivity index (χ3n) is 27.4. The second-order valence-electron chi connectivity index (χ2n) is 39.8. The number of carbonyl (C=O) groups excluding carboxylic acids is 7. The summed E-state index contributed by atoms with van der Waals surface area (Å²) in [6, 6.07) is 10.2. The molecule has 15 rings (SSSR count). The molecule has 0 aromatic heterocycles. The molecular formula is C96H138Cl2N14O17S3. The van der Waals surface area contributed by atoms with Crippen LogP contribution in [0.5, 0.6) is 0 Å². The maximum absolute atomic E-state index is 13.4. The Morgan fingerprint density at radius 2 is 0.720 bits per heavy atom. The number of amides is 7. The van der Waals surface area contributed by atoms with Crippen LogP contribution in [0.3, 0.4) is 0 Å². The lowest BCUT2D eigenvalue weighted by atomic mass is 9.82. The monoisotopic (exact) mass is 1920 g/mol. The number of carbonyl (C=O) groups is 8. The molecule has 3 aromatic rings. The van der Waals surface area contributed by atoms with Gasteiger partial charge in [0, 0.05) is 124 Å². The molecule has 0 radical (unpaired) electrons. The number of aryl methyl sites for hydroxylation is 6. The lowest BCUT2D eigenvalue weighted by Gasteiger charge is -2.34. The number of hydrazine groups is 2. The van der Waals surface area contributed by atoms with Crippen LogP contribution in [-0.4, -0.2) is 240 Å². The predicted octanol–water partition coefficient (Wildman–Crippen LogP) is 14.9. The molecule has 5 N–H and O–H groups in total. The summed E-state index contributed by atoms with van der Waals surface area (Å²) in [6.07, 6.45) is 22.9. The zero-order valence-electron chi connectivity index (χ0n) is 79.6. The number of hydrogen-bond donors (Lipinski definition) is 5. The quantitative estimate of drug-likeness (QED) is 0.0882. The lowest BCUT2D eigenvalue weighted by Crippen LogP contribution is -2.50. The summed E-state index contributed by atoms with van der Waals surface area (Å²) in [5, 5.41) is 26.4. The third kappa shape index (κ3) is 26.0. The van der Waals surface area contributed by atoms with E-state index < -0.39 is 70.0 Å². The van der Waals surface area contributed by atoms with Crippen molar-refractivity contribution < 1.29 is 78.2 Å². The first-order valence-electron chi connectivity index (χ1n) is 46.9. The average Bonchev–Trinajstić information content (AvgIpc) is 1.61. The van der Waals surface area contributed by atoms with Gasteiger partial charge < -0.3 is 35.4 Å². The Hall–Kier alpha value is -8.48. The summed E-state index contributed by atoms with van der Waals surface area (Å²) in [5.41, 5.74) is 7.37. The van der Waals surface area contributed by atoms with Crippen LogP contribution < -0.4 is 21.4 Å². The number of rotatable bonds is 15. The van der Waals surface area contributed by atoms with Crippen LogP contribution >= 0.6 is 23.2 Å². The predicted molar refractivity (Wildman–Crippen MR) is 515 cm³/mol. The minimum Gasteiger partial charge on any atom is -0.478 e. The molecule has 726 valence electrons. The number of halogens is 2. The second kappa shape index (κ2) is 43.7. The van der Waals surface area contributed by atoms with Gasteiger partial charge in [0.05, 0.1) is 10.9 Å². The number of sulfonamides is 3. The number of aromatic carboxylic acids is 1. The number of nitrogens with zero attached hydrogens (tertiary/aromatic N) is 10. The minimum absolute atomic E-state index is 0.0407. The molecule has 6 saturated heterocycles. The molecule has 36 heteroatoms. The van der Waals surface area contributed by atoms with E-state index in [1.165, 1.54) is 62.4 Å². The average molecular weight is 1930 g/mol. The summed E-state index contributed by atoms with van der Waals surface area (Å²) in [4.78, 5) is 117. The Bertz CT molecular complexity index is 5240. The number of benzene rings is 3. The highest BCUT2D eigenvalue weighted by molar-refractivity contribution is 7.92. The number of likely N-dealkylation sites (tertiary alicyclic amines) is 1. The van der Waals surface area contributed by atoms with E-state index in [0.29, 0.717) is 115 Å². The van der Waals surface area contributed by atoms with E-state index >= 15 is 0 Å². The van der Waals surface area contributed by atoms with E-state index in [2.05, 4.69) is 42.1 Å². The van der Waals surface area contributed by atoms with Crippen LogP contribution in [0.1, 0.15) is 285 Å². The number of piperidine rings is 3. The van der Waals surface area contributed by atoms with Crippen molar-refractivity contribution in [2.24, 2.45) is 50.5 Å². The number of nitrogens with one attached hydrogen (secondary N) is 4. The van der Waals surface area contributed by atoms with E-state index in [0.717, 1.165) is 174 Å². The van der Waals surface area contributed by atoms with Crippen molar-refractivity contribution in [3.63, 3.8) is 0 Å². The van der Waals surface area contributed by atoms with E-state index in [4.69, 9.17) is 47.7 Å². The molecule has 9 heterocycles. The fraction of sp³-hybridized carbons (Fsp3) is 0.635. The Labute approximate surface area is 790 Å². The van der Waals surface area contributed by atoms with Crippen LogP contribution in [0, 0.1) is 77.0 Å². The van der Waals surface area contributed by atoms with Gasteiger partial charge in [-0.2, -0.15) is 12.9 Å². The van der Waals surface area contributed by atoms with Gasteiger partial charge in [-0.3, -0.25) is 38.9 Å². The van der Waals surface area contributed by atoms with E-state index in [-0.39, 0.29) is 91.7 Å². The molecule has 31 nitrogen and oxygen atoms in total. The van der Waals surface area contributed by atoms with Crippen LogP contribution in [-0.2, 0) is 53.9 Å². The van der Waals surface area contributed by atoms with Gasteiger partial charge >= 0.3 is 18.2 Å². The molecular weight excluding hydrogens is 1790 g/mol. The summed E-state index contributed by atoms with van der Waals surface area (Å²) >= 11 is 9.53. The number of alkyl halides is 2. The van der Waals surface area contributed by atoms with Crippen molar-refractivity contribution in [3.05, 3.63) is 119 Å². The first kappa shape index (κ1) is 104. The van der Waals surface area contributed by atoms with Crippen LogP contribution in [0.15, 0.2) is 67.6 Å². The zero-order chi connectivity index (χ0) is 96.4. The van der Waals surface area contributed by atoms with Gasteiger partial charge in [-0.25, -0.2) is 60.1 Å². The molecule has 7 amide bonds. The molecule has 0 unspecified atom stereocenters. The van der Waals surface area contributed by atoms with Crippen molar-refractivity contribution in [3.8, 4) is 0 Å². The molecule has 9 aliphatic heterocycles. The molecule has 12 aliphatic rings. The molecule has 9 fully saturated rings.